The maximum atomic E-state index is 12.6. The molecule has 2 heterocycles. The molecule has 0 saturated carbocycles. The topological polar surface area (TPSA) is 128 Å². The predicted octanol–water partition coefficient (Wildman–Crippen LogP) is 16.9. The Hall–Kier alpha value is -5.26. The van der Waals surface area contributed by atoms with Crippen LogP contribution in [0, 0.1) is 0 Å². The number of rotatable bonds is 3. The van der Waals surface area contributed by atoms with Gasteiger partial charge in [-0.2, -0.15) is 23.5 Å². The first-order valence-corrected chi connectivity index (χ1v) is 32.9. The molecule has 0 aromatic heterocycles. The second-order valence-corrected chi connectivity index (χ2v) is 32.9. The summed E-state index contributed by atoms with van der Waals surface area (Å²) in [5, 5.41) is 74.3. The van der Waals surface area contributed by atoms with Gasteiger partial charge < -0.3 is 30.6 Å². The van der Waals surface area contributed by atoms with Crippen molar-refractivity contribution >= 4 is 23.5 Å². The van der Waals surface area contributed by atoms with Crippen LogP contribution in [0.3, 0.4) is 0 Å². The van der Waals surface area contributed by atoms with Crippen molar-refractivity contribution in [1.29, 1.82) is 0 Å². The van der Waals surface area contributed by atoms with Crippen LogP contribution in [0.1, 0.15) is 225 Å². The summed E-state index contributed by atoms with van der Waals surface area (Å²) in [7, 11) is 0. The fourth-order valence-electron chi connectivity index (χ4n) is 11.6. The Labute approximate surface area is 513 Å². The second-order valence-electron chi connectivity index (χ2n) is 30.7. The van der Waals surface area contributed by atoms with Crippen LogP contribution < -0.4 is 0 Å². The number of nitrogens with zero attached hydrogens (tertiary/aromatic N) is 2. The number of fused-ring (bicyclic) bond motifs is 12. The molecule has 6 N–H and O–H groups in total. The van der Waals surface area contributed by atoms with Crippen LogP contribution in [-0.2, 0) is 82.8 Å². The molecule has 454 valence electrons. The Balaban J connectivity index is 1.23. The molecule has 0 radical (unpaired) electrons. The molecule has 12 bridgehead atoms. The monoisotopic (exact) mass is 1180 g/mol. The number of phenols is 6. The molecule has 0 saturated heterocycles. The molecule has 0 fully saturated rings. The third kappa shape index (κ3) is 15.3. The maximum absolute atomic E-state index is 12.6. The number of hydrogen-bond acceptors (Lipinski definition) is 10. The largest absolute Gasteiger partial charge is 0.507 e. The average molecular weight is 1180 g/mol. The molecule has 6 aromatic rings. The highest BCUT2D eigenvalue weighted by Gasteiger charge is 2.29. The third-order valence-electron chi connectivity index (χ3n) is 17.5. The number of thioether (sulfide) groups is 2. The van der Waals surface area contributed by atoms with Gasteiger partial charge in [0, 0.05) is 110 Å². The lowest BCUT2D eigenvalue weighted by molar-refractivity contribution is 0.204. The highest BCUT2D eigenvalue weighted by molar-refractivity contribution is 7.98. The second kappa shape index (κ2) is 24.5. The van der Waals surface area contributed by atoms with E-state index in [9.17, 15) is 30.6 Å². The highest BCUT2D eigenvalue weighted by atomic mass is 32.2. The summed E-state index contributed by atoms with van der Waals surface area (Å²) in [6.07, 6.45) is 1.38. The van der Waals surface area contributed by atoms with Crippen molar-refractivity contribution in [3.63, 3.8) is 0 Å². The van der Waals surface area contributed by atoms with Crippen molar-refractivity contribution in [2.45, 2.75) is 207 Å². The predicted molar refractivity (Wildman–Crippen MR) is 355 cm³/mol. The summed E-state index contributed by atoms with van der Waals surface area (Å²) in [5.41, 5.74) is 14.9. The van der Waals surface area contributed by atoms with Crippen molar-refractivity contribution in [2.75, 3.05) is 37.7 Å². The van der Waals surface area contributed by atoms with E-state index in [2.05, 4.69) is 207 Å². The van der Waals surface area contributed by atoms with Gasteiger partial charge in [0.05, 0.1) is 0 Å². The summed E-state index contributed by atoms with van der Waals surface area (Å²) in [6, 6.07) is 25.6. The molecule has 0 spiro atoms. The lowest BCUT2D eigenvalue weighted by Crippen LogP contribution is -2.37. The lowest BCUT2D eigenvalue weighted by Gasteiger charge is -2.30. The molecule has 84 heavy (non-hydrogen) atoms. The minimum absolute atomic E-state index is 0.178. The summed E-state index contributed by atoms with van der Waals surface area (Å²) < 4.78 is 0. The van der Waals surface area contributed by atoms with Crippen LogP contribution in [-0.4, -0.2) is 78.1 Å². The number of aromatic hydroxyl groups is 6. The minimum Gasteiger partial charge on any atom is -0.507 e. The standard InChI is InChI=1S/C74H100N2O6S2/c1-69(2,3)57-29-45-25-49-33-59(71(7,8)9)37-53(65(49)79)41-75(21-23-83-43-55-39-61(73(13,14)15)35-51(67(55)81)27-47(31-57)63(45)77)19-20-76-22-24-84-44-56-40-62(74(16,17)18)36-52(68(56)82)28-48-32-58(70(4,5)6)30-46(64(48)78)26-50-34-60(72(10,11)12)38-54(42-76)66(50)80/h29-40,77-82H,19-28,41-44H2,1-18H3. The van der Waals surface area contributed by atoms with Crippen molar-refractivity contribution in [1.82, 2.24) is 9.80 Å². The number of benzene rings is 6. The van der Waals surface area contributed by atoms with Crippen molar-refractivity contribution in [3.8, 4) is 34.5 Å². The summed E-state index contributed by atoms with van der Waals surface area (Å²) >= 11 is 3.59. The Morgan fingerprint density at radius 3 is 0.679 bits per heavy atom. The van der Waals surface area contributed by atoms with Gasteiger partial charge >= 0.3 is 0 Å². The average Bonchev–Trinajstić information content (AvgIpc) is 1.92. The smallest absolute Gasteiger partial charge is 0.123 e. The Morgan fingerprint density at radius 2 is 0.464 bits per heavy atom. The van der Waals surface area contributed by atoms with Gasteiger partial charge in [0.1, 0.15) is 34.5 Å². The molecular weight excluding hydrogens is 1080 g/mol. The third-order valence-corrected chi connectivity index (χ3v) is 19.4. The van der Waals surface area contributed by atoms with E-state index >= 15 is 0 Å². The molecule has 8 nitrogen and oxygen atoms in total. The van der Waals surface area contributed by atoms with Crippen molar-refractivity contribution in [3.05, 3.63) is 173 Å². The zero-order valence-corrected chi connectivity index (χ0v) is 55.9. The zero-order valence-electron chi connectivity index (χ0n) is 54.2. The highest BCUT2D eigenvalue weighted by Crippen LogP contribution is 2.44. The van der Waals surface area contributed by atoms with Crippen LogP contribution >= 0.6 is 23.5 Å². The molecule has 8 rings (SSSR count). The van der Waals surface area contributed by atoms with Gasteiger partial charge in [0.2, 0.25) is 0 Å². The normalized spacial score (nSPS) is 16.1. The molecule has 2 aliphatic rings. The van der Waals surface area contributed by atoms with Gasteiger partial charge in [-0.15, -0.1) is 0 Å². The van der Waals surface area contributed by atoms with Gasteiger partial charge in [-0.05, 0) is 110 Å². The molecule has 2 aliphatic heterocycles. The van der Waals surface area contributed by atoms with Crippen LogP contribution in [0.25, 0.3) is 0 Å². The SMILES string of the molecule is CC(C)(C)c1cc2c(O)c(c1)Cc1cc(C(C)(C)C)cc(c1O)Cc1cc(C(C)(C)C)cc(c1O)CN(CCN1CCSCc3cc(C(C)(C)C)cc(c3O)Cc3cc(C(C)(C)C)cc(c3O)Cc3cc(C(C)(C)C)cc(c3O)C1)CCSC2. The number of hydrogen-bond donors (Lipinski definition) is 6. The molecule has 0 amide bonds. The molecule has 10 heteroatoms. The summed E-state index contributed by atoms with van der Waals surface area (Å²) in [6.45, 7) is 43.3. The van der Waals surface area contributed by atoms with Crippen LogP contribution in [0.15, 0.2) is 72.8 Å². The van der Waals surface area contributed by atoms with Gasteiger partial charge in [-0.3, -0.25) is 9.80 Å². The van der Waals surface area contributed by atoms with Gasteiger partial charge in [0.15, 0.2) is 0 Å². The first-order valence-electron chi connectivity index (χ1n) is 30.6. The Morgan fingerprint density at radius 1 is 0.286 bits per heavy atom. The molecule has 0 atom stereocenters. The fourth-order valence-corrected chi connectivity index (χ4v) is 13.5. The lowest BCUT2D eigenvalue weighted by atomic mass is 9.81. The minimum atomic E-state index is -0.235. The first-order chi connectivity index (χ1) is 38.8. The van der Waals surface area contributed by atoms with E-state index in [1.165, 1.54) is 0 Å². The summed E-state index contributed by atoms with van der Waals surface area (Å²) in [5.74, 6) is 4.18. The van der Waals surface area contributed by atoms with E-state index in [0.29, 0.717) is 76.5 Å². The molecule has 6 aromatic carbocycles. The van der Waals surface area contributed by atoms with Crippen LogP contribution in [0.4, 0.5) is 0 Å². The Bertz CT molecular complexity index is 3170. The van der Waals surface area contributed by atoms with Crippen LogP contribution in [0.5, 0.6) is 34.5 Å². The first kappa shape index (κ1) is 64.7. The van der Waals surface area contributed by atoms with Crippen molar-refractivity contribution < 1.29 is 30.6 Å². The van der Waals surface area contributed by atoms with E-state index < -0.39 is 0 Å². The number of phenolic OH excluding ortho intramolecular Hbond substituents is 6. The fraction of sp³-hybridized carbons (Fsp3) is 0.514. The van der Waals surface area contributed by atoms with Gasteiger partial charge in [0.25, 0.3) is 0 Å². The van der Waals surface area contributed by atoms with E-state index in [-0.39, 0.29) is 67.0 Å². The Kier molecular flexibility index (Phi) is 18.9. The van der Waals surface area contributed by atoms with Crippen molar-refractivity contribution in [2.24, 2.45) is 0 Å². The molecule has 0 aliphatic carbocycles. The van der Waals surface area contributed by atoms with E-state index in [0.717, 1.165) is 112 Å². The van der Waals surface area contributed by atoms with Crippen LogP contribution in [0.2, 0.25) is 0 Å². The molecule has 0 unspecified atom stereocenters. The van der Waals surface area contributed by atoms with E-state index in [1.807, 2.05) is 0 Å². The van der Waals surface area contributed by atoms with Gasteiger partial charge in [-0.25, -0.2) is 0 Å². The summed E-state index contributed by atoms with van der Waals surface area (Å²) in [4.78, 5) is 4.91. The molecular formula is C74H100N2O6S2. The van der Waals surface area contributed by atoms with Gasteiger partial charge in [-0.1, -0.05) is 197 Å². The van der Waals surface area contributed by atoms with E-state index in [4.69, 9.17) is 0 Å². The van der Waals surface area contributed by atoms with E-state index in [1.54, 1.807) is 23.5 Å². The maximum Gasteiger partial charge on any atom is 0.123 e. The zero-order chi connectivity index (χ0) is 61.8. The quantitative estimate of drug-likeness (QED) is 0.102.